The first kappa shape index (κ1) is 20.8. The van der Waals surface area contributed by atoms with Gasteiger partial charge in [-0.1, -0.05) is 18.2 Å². The third-order valence-electron chi connectivity index (χ3n) is 4.93. The highest BCUT2D eigenvalue weighted by Gasteiger charge is 2.25. The van der Waals surface area contributed by atoms with Crippen LogP contribution in [-0.4, -0.2) is 54.1 Å². The molecule has 1 aliphatic rings. The van der Waals surface area contributed by atoms with Crippen molar-refractivity contribution in [3.63, 3.8) is 0 Å². The summed E-state index contributed by atoms with van der Waals surface area (Å²) in [5, 5.41) is 14.1. The average molecular weight is 399 g/mol. The second-order valence-electron chi connectivity index (χ2n) is 7.07. The molecule has 1 heterocycles. The van der Waals surface area contributed by atoms with E-state index in [9.17, 15) is 14.9 Å². The Morgan fingerprint density at radius 1 is 1.34 bits per heavy atom. The lowest BCUT2D eigenvalue weighted by molar-refractivity contribution is -0.384. The number of para-hydroxylation sites is 1. The first-order valence-electron chi connectivity index (χ1n) is 9.58. The van der Waals surface area contributed by atoms with E-state index in [0.29, 0.717) is 25.5 Å². The lowest BCUT2D eigenvalue weighted by atomic mass is 10.1. The van der Waals surface area contributed by atoms with Crippen molar-refractivity contribution in [1.82, 2.24) is 10.2 Å². The highest BCUT2D eigenvalue weighted by molar-refractivity contribution is 5.97. The Morgan fingerprint density at radius 2 is 2.10 bits per heavy atom. The van der Waals surface area contributed by atoms with Gasteiger partial charge in [0, 0.05) is 37.3 Å². The van der Waals surface area contributed by atoms with Gasteiger partial charge < -0.3 is 14.8 Å². The van der Waals surface area contributed by atoms with Crippen molar-refractivity contribution in [1.29, 1.82) is 0 Å². The van der Waals surface area contributed by atoms with Crippen LogP contribution < -0.4 is 10.1 Å². The molecule has 0 spiro atoms. The summed E-state index contributed by atoms with van der Waals surface area (Å²) in [6.07, 6.45) is 0. The van der Waals surface area contributed by atoms with Crippen LogP contribution in [-0.2, 0) is 4.74 Å². The van der Waals surface area contributed by atoms with E-state index in [1.165, 1.54) is 18.2 Å². The van der Waals surface area contributed by atoms with Crippen LogP contribution in [0.2, 0.25) is 0 Å². The molecule has 1 N–H and O–H groups in total. The maximum absolute atomic E-state index is 12.8. The average Bonchev–Trinajstić information content (AvgIpc) is 2.73. The molecule has 0 aromatic heterocycles. The number of nitro groups is 1. The van der Waals surface area contributed by atoms with E-state index in [-0.39, 0.29) is 29.1 Å². The van der Waals surface area contributed by atoms with Gasteiger partial charge in [0.15, 0.2) is 0 Å². The van der Waals surface area contributed by atoms with Crippen molar-refractivity contribution < 1.29 is 19.2 Å². The number of benzene rings is 2. The van der Waals surface area contributed by atoms with Gasteiger partial charge in [0.2, 0.25) is 0 Å². The second-order valence-corrected chi connectivity index (χ2v) is 7.07. The molecule has 1 aliphatic heterocycles. The van der Waals surface area contributed by atoms with Crippen LogP contribution in [0.3, 0.4) is 0 Å². The molecule has 29 heavy (non-hydrogen) atoms. The van der Waals surface area contributed by atoms with Gasteiger partial charge >= 0.3 is 0 Å². The van der Waals surface area contributed by atoms with Crippen LogP contribution in [0.4, 0.5) is 5.69 Å². The van der Waals surface area contributed by atoms with Gasteiger partial charge in [0.25, 0.3) is 11.6 Å². The maximum atomic E-state index is 12.8. The number of non-ortho nitro benzene ring substituents is 1. The van der Waals surface area contributed by atoms with E-state index in [2.05, 4.69) is 17.1 Å². The molecule has 3 rings (SSSR count). The van der Waals surface area contributed by atoms with Crippen molar-refractivity contribution in [3.8, 4) is 11.5 Å². The molecule has 1 fully saturated rings. The molecule has 154 valence electrons. The Kier molecular flexibility index (Phi) is 6.79. The van der Waals surface area contributed by atoms with Crippen LogP contribution >= 0.6 is 0 Å². The highest BCUT2D eigenvalue weighted by atomic mass is 16.6. The fourth-order valence-electron chi connectivity index (χ4n) is 3.36. The molecule has 8 heteroatoms. The Morgan fingerprint density at radius 3 is 2.79 bits per heavy atom. The quantitative estimate of drug-likeness (QED) is 0.567. The van der Waals surface area contributed by atoms with Gasteiger partial charge in [-0.2, -0.15) is 0 Å². The number of morpholine rings is 1. The number of nitrogens with zero attached hydrogens (tertiary/aromatic N) is 2. The second kappa shape index (κ2) is 9.49. The van der Waals surface area contributed by atoms with E-state index in [4.69, 9.17) is 9.47 Å². The minimum absolute atomic E-state index is 0.107. The Balaban J connectivity index is 1.75. The van der Waals surface area contributed by atoms with Crippen molar-refractivity contribution in [2.24, 2.45) is 0 Å². The van der Waals surface area contributed by atoms with Crippen LogP contribution in [0.15, 0.2) is 48.5 Å². The van der Waals surface area contributed by atoms with Gasteiger partial charge in [-0.05, 0) is 32.0 Å². The Labute approximate surface area is 169 Å². The summed E-state index contributed by atoms with van der Waals surface area (Å²) >= 11 is 0. The van der Waals surface area contributed by atoms with E-state index in [0.717, 1.165) is 6.54 Å². The number of carbonyl (C=O) groups is 1. The highest BCUT2D eigenvalue weighted by Crippen LogP contribution is 2.28. The third kappa shape index (κ3) is 5.30. The molecule has 2 unspecified atom stereocenters. The molecule has 2 aromatic rings. The molecule has 8 nitrogen and oxygen atoms in total. The number of amides is 1. The Bertz CT molecular complexity index is 859. The van der Waals surface area contributed by atoms with E-state index < -0.39 is 10.8 Å². The summed E-state index contributed by atoms with van der Waals surface area (Å²) < 4.78 is 11.3. The topological polar surface area (TPSA) is 93.9 Å². The van der Waals surface area contributed by atoms with E-state index in [1.54, 1.807) is 12.1 Å². The zero-order valence-electron chi connectivity index (χ0n) is 16.5. The fourth-order valence-corrected chi connectivity index (χ4v) is 3.36. The SMILES string of the molecule is CC(CNC(=O)c1cc([N+](=O)[O-])ccc1Oc1ccccc1)N1CCOCC1C. The van der Waals surface area contributed by atoms with E-state index >= 15 is 0 Å². The molecule has 0 aliphatic carbocycles. The number of ether oxygens (including phenoxy) is 2. The minimum atomic E-state index is -0.527. The van der Waals surface area contributed by atoms with Gasteiger partial charge in [0.1, 0.15) is 11.5 Å². The summed E-state index contributed by atoms with van der Waals surface area (Å²) in [5.41, 5.74) is -0.0318. The summed E-state index contributed by atoms with van der Waals surface area (Å²) in [6.45, 7) is 6.68. The molecule has 0 radical (unpaired) electrons. The molecular weight excluding hydrogens is 374 g/mol. The lowest BCUT2D eigenvalue weighted by Crippen LogP contribution is -2.51. The van der Waals surface area contributed by atoms with E-state index in [1.807, 2.05) is 25.1 Å². The van der Waals surface area contributed by atoms with Gasteiger partial charge in [-0.25, -0.2) is 0 Å². The van der Waals surface area contributed by atoms with Gasteiger partial charge in [-0.3, -0.25) is 19.8 Å². The number of nitrogens with one attached hydrogen (secondary N) is 1. The van der Waals surface area contributed by atoms with Crippen LogP contribution in [0.25, 0.3) is 0 Å². The van der Waals surface area contributed by atoms with Crippen molar-refractivity contribution >= 4 is 11.6 Å². The standard InChI is InChI=1S/C21H25N3O5/c1-15(23-10-11-28-14-16(23)2)13-22-21(25)19-12-17(24(26)27)8-9-20(19)29-18-6-4-3-5-7-18/h3-9,12,15-16H,10-11,13-14H2,1-2H3,(H,22,25). The molecule has 2 atom stereocenters. The molecule has 0 bridgehead atoms. The molecule has 1 saturated heterocycles. The predicted molar refractivity (Wildman–Crippen MR) is 108 cm³/mol. The first-order chi connectivity index (χ1) is 14.0. The fraction of sp³-hybridized carbons (Fsp3) is 0.381. The predicted octanol–water partition coefficient (Wildman–Crippen LogP) is 3.23. The van der Waals surface area contributed by atoms with Crippen LogP contribution in [0, 0.1) is 10.1 Å². The molecular formula is C21H25N3O5. The summed E-state index contributed by atoms with van der Waals surface area (Å²) in [7, 11) is 0. The van der Waals surface area contributed by atoms with Crippen LogP contribution in [0.1, 0.15) is 24.2 Å². The number of rotatable bonds is 7. The number of hydrogen-bond acceptors (Lipinski definition) is 6. The van der Waals surface area contributed by atoms with Crippen LogP contribution in [0.5, 0.6) is 11.5 Å². The monoisotopic (exact) mass is 399 g/mol. The smallest absolute Gasteiger partial charge is 0.270 e. The maximum Gasteiger partial charge on any atom is 0.270 e. The molecule has 0 saturated carbocycles. The van der Waals surface area contributed by atoms with Gasteiger partial charge in [0.05, 0.1) is 23.7 Å². The van der Waals surface area contributed by atoms with Gasteiger partial charge in [-0.15, -0.1) is 0 Å². The van der Waals surface area contributed by atoms with Crippen molar-refractivity contribution in [2.45, 2.75) is 25.9 Å². The largest absolute Gasteiger partial charge is 0.457 e. The molecule has 2 aromatic carbocycles. The number of hydrogen-bond donors (Lipinski definition) is 1. The number of carbonyl (C=O) groups excluding carboxylic acids is 1. The third-order valence-corrected chi connectivity index (χ3v) is 4.93. The summed E-state index contributed by atoms with van der Waals surface area (Å²) in [6, 6.07) is 13.4. The van der Waals surface area contributed by atoms with Crippen molar-refractivity contribution in [3.05, 3.63) is 64.2 Å². The lowest BCUT2D eigenvalue weighted by Gasteiger charge is -2.37. The van der Waals surface area contributed by atoms with Crippen molar-refractivity contribution in [2.75, 3.05) is 26.3 Å². The zero-order valence-corrected chi connectivity index (χ0v) is 16.5. The first-order valence-corrected chi connectivity index (χ1v) is 9.58. The zero-order chi connectivity index (χ0) is 20.8. The summed E-state index contributed by atoms with van der Waals surface area (Å²) in [4.78, 5) is 25.8. The normalized spacial score (nSPS) is 18.1. The summed E-state index contributed by atoms with van der Waals surface area (Å²) in [5.74, 6) is 0.407. The minimum Gasteiger partial charge on any atom is -0.457 e. The molecule has 1 amide bonds. The number of nitro benzene ring substituents is 1. The Hall–Kier alpha value is -2.97.